The summed E-state index contributed by atoms with van der Waals surface area (Å²) in [6.45, 7) is 2.62. The van der Waals surface area contributed by atoms with Gasteiger partial charge in [-0.2, -0.15) is 0 Å². The molecule has 0 aliphatic heterocycles. The molecule has 1 heterocycles. The summed E-state index contributed by atoms with van der Waals surface area (Å²) in [5.41, 5.74) is 0.940. The van der Waals surface area contributed by atoms with Gasteiger partial charge in [0.1, 0.15) is 11.6 Å². The summed E-state index contributed by atoms with van der Waals surface area (Å²) in [7, 11) is 0. The standard InChI is InChI=1S/C13H13ClFNO/c1-9(13-3-2-6-17-13)16-8-10-4-5-12(15)11(14)7-10/h2-7,9,16H,8H2,1H3/t9-/m0/s1. The Hall–Kier alpha value is -1.32. The molecule has 0 aliphatic carbocycles. The van der Waals surface area contributed by atoms with Gasteiger partial charge in [0.05, 0.1) is 17.3 Å². The lowest BCUT2D eigenvalue weighted by atomic mass is 10.2. The normalized spacial score (nSPS) is 12.6. The molecule has 0 radical (unpaired) electrons. The molecule has 0 bridgehead atoms. The van der Waals surface area contributed by atoms with E-state index in [9.17, 15) is 4.39 Å². The van der Waals surface area contributed by atoms with Crippen LogP contribution in [0.25, 0.3) is 0 Å². The Balaban J connectivity index is 1.96. The molecule has 4 heteroatoms. The fourth-order valence-electron chi connectivity index (χ4n) is 1.56. The molecule has 0 saturated carbocycles. The Morgan fingerprint density at radius 1 is 1.41 bits per heavy atom. The van der Waals surface area contributed by atoms with Gasteiger partial charge in [0, 0.05) is 6.54 Å². The average molecular weight is 254 g/mol. The van der Waals surface area contributed by atoms with Crippen molar-refractivity contribution in [1.82, 2.24) is 5.32 Å². The van der Waals surface area contributed by atoms with E-state index in [4.69, 9.17) is 16.0 Å². The summed E-state index contributed by atoms with van der Waals surface area (Å²) in [5, 5.41) is 3.42. The second-order valence-corrected chi connectivity index (χ2v) is 4.27. The molecule has 2 rings (SSSR count). The fourth-order valence-corrected chi connectivity index (χ4v) is 1.76. The second kappa shape index (κ2) is 5.34. The molecule has 0 aliphatic rings. The molecule has 1 aromatic carbocycles. The van der Waals surface area contributed by atoms with Crippen LogP contribution in [0.1, 0.15) is 24.3 Å². The molecule has 1 atom stereocenters. The maximum Gasteiger partial charge on any atom is 0.141 e. The minimum atomic E-state index is -0.394. The van der Waals surface area contributed by atoms with E-state index >= 15 is 0 Å². The molecule has 0 amide bonds. The van der Waals surface area contributed by atoms with Crippen molar-refractivity contribution in [2.24, 2.45) is 0 Å². The van der Waals surface area contributed by atoms with Crippen LogP contribution in [-0.2, 0) is 6.54 Å². The van der Waals surface area contributed by atoms with Crippen LogP contribution in [0.5, 0.6) is 0 Å². The van der Waals surface area contributed by atoms with Crippen LogP contribution < -0.4 is 5.32 Å². The van der Waals surface area contributed by atoms with E-state index in [1.807, 2.05) is 19.1 Å². The molecule has 0 unspecified atom stereocenters. The Bertz CT molecular complexity index is 484. The van der Waals surface area contributed by atoms with Gasteiger partial charge < -0.3 is 9.73 Å². The van der Waals surface area contributed by atoms with Crippen molar-refractivity contribution in [1.29, 1.82) is 0 Å². The highest BCUT2D eigenvalue weighted by Gasteiger charge is 2.07. The van der Waals surface area contributed by atoms with Crippen LogP contribution >= 0.6 is 11.6 Å². The van der Waals surface area contributed by atoms with Crippen LogP contribution in [0.4, 0.5) is 4.39 Å². The van der Waals surface area contributed by atoms with Gasteiger partial charge in [0.15, 0.2) is 0 Å². The van der Waals surface area contributed by atoms with E-state index in [0.717, 1.165) is 11.3 Å². The number of halogens is 2. The molecule has 1 aromatic heterocycles. The largest absolute Gasteiger partial charge is 0.468 e. The van der Waals surface area contributed by atoms with Gasteiger partial charge in [0.25, 0.3) is 0 Å². The van der Waals surface area contributed by atoms with E-state index in [0.29, 0.717) is 6.54 Å². The topological polar surface area (TPSA) is 25.2 Å². The van der Waals surface area contributed by atoms with Gasteiger partial charge in [-0.25, -0.2) is 4.39 Å². The quantitative estimate of drug-likeness (QED) is 0.893. The molecule has 90 valence electrons. The van der Waals surface area contributed by atoms with Gasteiger partial charge in [-0.3, -0.25) is 0 Å². The lowest BCUT2D eigenvalue weighted by Gasteiger charge is -2.11. The fraction of sp³-hybridized carbons (Fsp3) is 0.231. The predicted octanol–water partition coefficient (Wildman–Crippen LogP) is 3.92. The first kappa shape index (κ1) is 12.1. The van der Waals surface area contributed by atoms with Crippen molar-refractivity contribution in [2.75, 3.05) is 0 Å². The van der Waals surface area contributed by atoms with E-state index in [1.165, 1.54) is 6.07 Å². The molecular formula is C13H13ClFNO. The van der Waals surface area contributed by atoms with Crippen LogP contribution in [0, 0.1) is 5.82 Å². The summed E-state index contributed by atoms with van der Waals surface area (Å²) < 4.78 is 18.2. The van der Waals surface area contributed by atoms with E-state index in [1.54, 1.807) is 18.4 Å². The molecule has 2 aromatic rings. The zero-order valence-electron chi connectivity index (χ0n) is 9.41. The van der Waals surface area contributed by atoms with Crippen LogP contribution in [0.2, 0.25) is 5.02 Å². The molecule has 17 heavy (non-hydrogen) atoms. The third-order valence-electron chi connectivity index (χ3n) is 2.57. The molecule has 0 spiro atoms. The lowest BCUT2D eigenvalue weighted by molar-refractivity contribution is 0.430. The Labute approximate surface area is 104 Å². The monoisotopic (exact) mass is 253 g/mol. The van der Waals surface area contributed by atoms with Crippen molar-refractivity contribution in [3.63, 3.8) is 0 Å². The van der Waals surface area contributed by atoms with Gasteiger partial charge in [-0.05, 0) is 36.8 Å². The smallest absolute Gasteiger partial charge is 0.141 e. The summed E-state index contributed by atoms with van der Waals surface area (Å²) in [6, 6.07) is 8.57. The summed E-state index contributed by atoms with van der Waals surface area (Å²) >= 11 is 5.71. The number of furan rings is 1. The van der Waals surface area contributed by atoms with Gasteiger partial charge in [0.2, 0.25) is 0 Å². The highest BCUT2D eigenvalue weighted by atomic mass is 35.5. The average Bonchev–Trinajstić information content (AvgIpc) is 2.84. The summed E-state index contributed by atoms with van der Waals surface area (Å²) in [6.07, 6.45) is 1.64. The molecular weight excluding hydrogens is 241 g/mol. The Morgan fingerprint density at radius 2 is 2.24 bits per heavy atom. The highest BCUT2D eigenvalue weighted by Crippen LogP contribution is 2.17. The van der Waals surface area contributed by atoms with E-state index in [2.05, 4.69) is 5.32 Å². The second-order valence-electron chi connectivity index (χ2n) is 3.87. The first-order valence-corrected chi connectivity index (χ1v) is 5.75. The number of hydrogen-bond acceptors (Lipinski definition) is 2. The van der Waals surface area contributed by atoms with Gasteiger partial charge in [-0.15, -0.1) is 0 Å². The number of hydrogen-bond donors (Lipinski definition) is 1. The van der Waals surface area contributed by atoms with Crippen molar-refractivity contribution < 1.29 is 8.81 Å². The summed E-state index contributed by atoms with van der Waals surface area (Å²) in [4.78, 5) is 0. The summed E-state index contributed by atoms with van der Waals surface area (Å²) in [5.74, 6) is 0.479. The lowest BCUT2D eigenvalue weighted by Crippen LogP contribution is -2.17. The predicted molar refractivity (Wildman–Crippen MR) is 65.4 cm³/mol. The van der Waals surface area contributed by atoms with Crippen molar-refractivity contribution in [3.05, 3.63) is 58.8 Å². The van der Waals surface area contributed by atoms with Crippen molar-refractivity contribution in [3.8, 4) is 0 Å². The molecule has 0 saturated heterocycles. The third kappa shape index (κ3) is 3.08. The SMILES string of the molecule is C[C@H](NCc1ccc(F)c(Cl)c1)c1ccco1. The zero-order valence-corrected chi connectivity index (χ0v) is 10.2. The maximum absolute atomic E-state index is 13.0. The van der Waals surface area contributed by atoms with Crippen LogP contribution in [0.3, 0.4) is 0 Å². The molecule has 0 fully saturated rings. The maximum atomic E-state index is 13.0. The Morgan fingerprint density at radius 3 is 2.88 bits per heavy atom. The minimum Gasteiger partial charge on any atom is -0.468 e. The Kier molecular flexibility index (Phi) is 3.82. The zero-order chi connectivity index (χ0) is 12.3. The highest BCUT2D eigenvalue weighted by molar-refractivity contribution is 6.30. The van der Waals surface area contributed by atoms with E-state index < -0.39 is 5.82 Å². The van der Waals surface area contributed by atoms with Gasteiger partial charge >= 0.3 is 0 Å². The van der Waals surface area contributed by atoms with Crippen LogP contribution in [-0.4, -0.2) is 0 Å². The van der Waals surface area contributed by atoms with Crippen molar-refractivity contribution >= 4 is 11.6 Å². The van der Waals surface area contributed by atoms with Crippen LogP contribution in [0.15, 0.2) is 41.0 Å². The molecule has 1 N–H and O–H groups in total. The molecule has 2 nitrogen and oxygen atoms in total. The number of benzene rings is 1. The van der Waals surface area contributed by atoms with Gasteiger partial charge in [-0.1, -0.05) is 17.7 Å². The third-order valence-corrected chi connectivity index (χ3v) is 2.86. The first-order chi connectivity index (χ1) is 8.16. The minimum absolute atomic E-state index is 0.105. The number of rotatable bonds is 4. The first-order valence-electron chi connectivity index (χ1n) is 5.37. The number of nitrogens with one attached hydrogen (secondary N) is 1. The van der Waals surface area contributed by atoms with Crippen molar-refractivity contribution in [2.45, 2.75) is 19.5 Å². The van der Waals surface area contributed by atoms with E-state index in [-0.39, 0.29) is 11.1 Å².